The molecule has 7 nitrogen and oxygen atoms in total. The fraction of sp³-hybridized carbons (Fsp3) is 0.591. The van der Waals surface area contributed by atoms with E-state index in [1.54, 1.807) is 7.11 Å². The van der Waals surface area contributed by atoms with Gasteiger partial charge in [0.05, 0.1) is 13.0 Å². The van der Waals surface area contributed by atoms with Gasteiger partial charge in [-0.15, -0.1) is 0 Å². The predicted octanol–water partition coefficient (Wildman–Crippen LogP) is 3.31. The second-order valence-electron chi connectivity index (χ2n) is 7.90. The Morgan fingerprint density at radius 1 is 1.17 bits per heavy atom. The highest BCUT2D eigenvalue weighted by Gasteiger charge is 2.30. The van der Waals surface area contributed by atoms with Gasteiger partial charge in [-0.1, -0.05) is 17.3 Å². The third-order valence-corrected chi connectivity index (χ3v) is 5.95. The van der Waals surface area contributed by atoms with Crippen LogP contribution in [0.1, 0.15) is 61.2 Å². The standard InChI is InChI=1S/C22H29N3O4/c1-27-19-7-4-16(5-8-19)6-9-20(26)25-12-2-3-18(15-25)22-23-21(24-29-22)17-10-13-28-14-11-17/h4-5,7-8,17-18H,2-3,6,9-15H2,1H3. The summed E-state index contributed by atoms with van der Waals surface area (Å²) in [6, 6.07) is 7.90. The lowest BCUT2D eigenvalue weighted by molar-refractivity contribution is -0.132. The number of aryl methyl sites for hydroxylation is 1. The molecule has 29 heavy (non-hydrogen) atoms. The fourth-order valence-electron chi connectivity index (χ4n) is 4.14. The molecule has 2 aromatic rings. The first-order chi connectivity index (χ1) is 14.2. The van der Waals surface area contributed by atoms with E-state index in [1.165, 1.54) is 0 Å². The van der Waals surface area contributed by atoms with Gasteiger partial charge in [-0.05, 0) is 49.8 Å². The van der Waals surface area contributed by atoms with Crippen LogP contribution in [0.15, 0.2) is 28.8 Å². The lowest BCUT2D eigenvalue weighted by Gasteiger charge is -2.31. The van der Waals surface area contributed by atoms with E-state index in [2.05, 4.69) is 10.1 Å². The molecule has 2 fully saturated rings. The van der Waals surface area contributed by atoms with Crippen molar-refractivity contribution in [1.82, 2.24) is 15.0 Å². The maximum Gasteiger partial charge on any atom is 0.231 e. The van der Waals surface area contributed by atoms with Crippen molar-refractivity contribution in [3.63, 3.8) is 0 Å². The van der Waals surface area contributed by atoms with Crippen molar-refractivity contribution < 1.29 is 18.8 Å². The van der Waals surface area contributed by atoms with Crippen LogP contribution in [0, 0.1) is 0 Å². The van der Waals surface area contributed by atoms with Crippen LogP contribution in [0.2, 0.25) is 0 Å². The highest BCUT2D eigenvalue weighted by Crippen LogP contribution is 2.30. The molecule has 1 unspecified atom stereocenters. The summed E-state index contributed by atoms with van der Waals surface area (Å²) in [7, 11) is 1.65. The van der Waals surface area contributed by atoms with Gasteiger partial charge in [-0.2, -0.15) is 4.98 Å². The molecule has 156 valence electrons. The number of hydrogen-bond acceptors (Lipinski definition) is 6. The van der Waals surface area contributed by atoms with Gasteiger partial charge in [-0.25, -0.2) is 0 Å². The molecule has 1 aromatic carbocycles. The van der Waals surface area contributed by atoms with E-state index in [1.807, 2.05) is 29.2 Å². The minimum Gasteiger partial charge on any atom is -0.497 e. The SMILES string of the molecule is COc1ccc(CCC(=O)N2CCCC(c3nc(C4CCOCC4)no3)C2)cc1. The van der Waals surface area contributed by atoms with Crippen LogP contribution in [0.25, 0.3) is 0 Å². The van der Waals surface area contributed by atoms with Crippen LogP contribution < -0.4 is 4.74 Å². The fourth-order valence-corrected chi connectivity index (χ4v) is 4.14. The summed E-state index contributed by atoms with van der Waals surface area (Å²) in [5.41, 5.74) is 1.14. The third-order valence-electron chi connectivity index (χ3n) is 5.95. The van der Waals surface area contributed by atoms with Gasteiger partial charge in [-0.3, -0.25) is 4.79 Å². The zero-order valence-electron chi connectivity index (χ0n) is 17.0. The molecule has 4 rings (SSSR count). The van der Waals surface area contributed by atoms with E-state index in [9.17, 15) is 4.79 Å². The normalized spacial score (nSPS) is 20.6. The highest BCUT2D eigenvalue weighted by atomic mass is 16.5. The quantitative estimate of drug-likeness (QED) is 0.742. The Kier molecular flexibility index (Phi) is 6.44. The molecule has 7 heteroatoms. The van der Waals surface area contributed by atoms with Gasteiger partial charge in [0.1, 0.15) is 5.75 Å². The summed E-state index contributed by atoms with van der Waals surface area (Å²) in [5, 5.41) is 4.22. The minimum absolute atomic E-state index is 0.134. The maximum absolute atomic E-state index is 12.7. The molecule has 0 bridgehead atoms. The van der Waals surface area contributed by atoms with Crippen LogP contribution >= 0.6 is 0 Å². The summed E-state index contributed by atoms with van der Waals surface area (Å²) < 4.78 is 16.2. The first-order valence-corrected chi connectivity index (χ1v) is 10.5. The molecule has 0 spiro atoms. The van der Waals surface area contributed by atoms with Crippen LogP contribution in [-0.4, -0.2) is 54.4 Å². The smallest absolute Gasteiger partial charge is 0.231 e. The molecule has 1 aromatic heterocycles. The van der Waals surface area contributed by atoms with Gasteiger partial charge < -0.3 is 18.9 Å². The van der Waals surface area contributed by atoms with E-state index in [4.69, 9.17) is 14.0 Å². The Hall–Kier alpha value is -2.41. The van der Waals surface area contributed by atoms with Crippen molar-refractivity contribution in [1.29, 1.82) is 0 Å². The van der Waals surface area contributed by atoms with E-state index >= 15 is 0 Å². The molecule has 3 heterocycles. The maximum atomic E-state index is 12.7. The lowest BCUT2D eigenvalue weighted by Crippen LogP contribution is -2.39. The molecular formula is C22H29N3O4. The van der Waals surface area contributed by atoms with Crippen LogP contribution in [0.5, 0.6) is 5.75 Å². The summed E-state index contributed by atoms with van der Waals surface area (Å²) in [6.45, 7) is 2.98. The number of aromatic nitrogens is 2. The number of carbonyl (C=O) groups excluding carboxylic acids is 1. The van der Waals surface area contributed by atoms with Crippen molar-refractivity contribution in [2.75, 3.05) is 33.4 Å². The number of hydrogen-bond donors (Lipinski definition) is 0. The van der Waals surface area contributed by atoms with Crippen LogP contribution in [0.3, 0.4) is 0 Å². The zero-order chi connectivity index (χ0) is 20.1. The number of carbonyl (C=O) groups is 1. The molecule has 0 saturated carbocycles. The van der Waals surface area contributed by atoms with Gasteiger partial charge in [0.25, 0.3) is 0 Å². The first kappa shape index (κ1) is 19.9. The summed E-state index contributed by atoms with van der Waals surface area (Å²) in [5.74, 6) is 2.96. The Bertz CT molecular complexity index is 799. The Morgan fingerprint density at radius 3 is 2.72 bits per heavy atom. The lowest BCUT2D eigenvalue weighted by atomic mass is 9.96. The van der Waals surface area contributed by atoms with E-state index in [0.717, 1.165) is 69.0 Å². The van der Waals surface area contributed by atoms with Crippen molar-refractivity contribution in [2.45, 2.75) is 50.4 Å². The van der Waals surface area contributed by atoms with Gasteiger partial charge in [0.2, 0.25) is 11.8 Å². The van der Waals surface area contributed by atoms with Crippen molar-refractivity contribution >= 4 is 5.91 Å². The molecule has 0 N–H and O–H groups in total. The average molecular weight is 399 g/mol. The molecule has 2 aliphatic rings. The zero-order valence-corrected chi connectivity index (χ0v) is 17.0. The monoisotopic (exact) mass is 399 g/mol. The molecule has 2 saturated heterocycles. The summed E-state index contributed by atoms with van der Waals surface area (Å²) in [4.78, 5) is 19.4. The Labute approximate surface area is 171 Å². The minimum atomic E-state index is 0.134. The number of likely N-dealkylation sites (tertiary alicyclic amines) is 1. The van der Waals surface area contributed by atoms with Crippen LogP contribution in [-0.2, 0) is 16.0 Å². The summed E-state index contributed by atoms with van der Waals surface area (Å²) in [6.07, 6.45) is 5.08. The number of rotatable bonds is 6. The van der Waals surface area contributed by atoms with Crippen molar-refractivity contribution in [3.8, 4) is 5.75 Å². The van der Waals surface area contributed by atoms with Crippen molar-refractivity contribution in [3.05, 3.63) is 41.5 Å². The second-order valence-corrected chi connectivity index (χ2v) is 7.90. The van der Waals surface area contributed by atoms with E-state index < -0.39 is 0 Å². The number of ether oxygens (including phenoxy) is 2. The number of nitrogens with zero attached hydrogens (tertiary/aromatic N) is 3. The van der Waals surface area contributed by atoms with Crippen molar-refractivity contribution in [2.24, 2.45) is 0 Å². The molecule has 1 amide bonds. The Morgan fingerprint density at radius 2 is 1.97 bits per heavy atom. The average Bonchev–Trinajstić information content (AvgIpc) is 3.29. The molecule has 0 aliphatic carbocycles. The topological polar surface area (TPSA) is 77.7 Å². The predicted molar refractivity (Wildman–Crippen MR) is 107 cm³/mol. The first-order valence-electron chi connectivity index (χ1n) is 10.5. The van der Waals surface area contributed by atoms with Gasteiger partial charge >= 0.3 is 0 Å². The van der Waals surface area contributed by atoms with Crippen LogP contribution in [0.4, 0.5) is 0 Å². The molecular weight excluding hydrogens is 370 g/mol. The van der Waals surface area contributed by atoms with Gasteiger partial charge in [0.15, 0.2) is 5.82 Å². The molecule has 2 aliphatic heterocycles. The largest absolute Gasteiger partial charge is 0.497 e. The number of amides is 1. The third kappa shape index (κ3) is 4.96. The molecule has 0 radical (unpaired) electrons. The van der Waals surface area contributed by atoms with E-state index in [0.29, 0.717) is 24.8 Å². The number of piperidine rings is 1. The summed E-state index contributed by atoms with van der Waals surface area (Å²) >= 11 is 0. The van der Waals surface area contributed by atoms with E-state index in [-0.39, 0.29) is 11.8 Å². The Balaban J connectivity index is 1.31. The van der Waals surface area contributed by atoms with Gasteiger partial charge in [0, 0.05) is 38.6 Å². The molecule has 1 atom stereocenters. The number of benzene rings is 1. The second kappa shape index (κ2) is 9.39. The number of methoxy groups -OCH3 is 1. The highest BCUT2D eigenvalue weighted by molar-refractivity contribution is 5.76.